The zero-order chi connectivity index (χ0) is 59.6. The predicted molar refractivity (Wildman–Crippen MR) is 312 cm³/mol. The van der Waals surface area contributed by atoms with E-state index in [2.05, 4.69) is 10.6 Å². The zero-order valence-electron chi connectivity index (χ0n) is 46.9. The highest BCUT2D eigenvalue weighted by atomic mass is 32.2. The monoisotopic (exact) mass is 1160 g/mol. The first kappa shape index (κ1) is 58.4. The molecule has 84 heavy (non-hydrogen) atoms. The number of nitrogens with one attached hydrogen (secondary N) is 2. The summed E-state index contributed by atoms with van der Waals surface area (Å²) in [5.41, 5.74) is 6.80. The van der Waals surface area contributed by atoms with E-state index in [-0.39, 0.29) is 105 Å². The fourth-order valence-corrected chi connectivity index (χ4v) is 12.6. The Morgan fingerprint density at radius 3 is 2.04 bits per heavy atom. The molecule has 0 saturated carbocycles. The van der Waals surface area contributed by atoms with E-state index in [4.69, 9.17) is 19.2 Å². The minimum atomic E-state index is -4.67. The largest absolute Gasteiger partial charge is 0.493 e. The lowest BCUT2D eigenvalue weighted by atomic mass is 9.99. The maximum atomic E-state index is 14.4. The highest BCUT2D eigenvalue weighted by molar-refractivity contribution is 7.86. The van der Waals surface area contributed by atoms with Crippen LogP contribution in [0.25, 0.3) is 0 Å². The van der Waals surface area contributed by atoms with Gasteiger partial charge in [-0.3, -0.25) is 57.7 Å². The Morgan fingerprint density at radius 2 is 1.35 bits per heavy atom. The summed E-state index contributed by atoms with van der Waals surface area (Å²) in [5, 5.41) is 4.27. The molecule has 0 radical (unpaired) electrons. The third kappa shape index (κ3) is 12.6. The van der Waals surface area contributed by atoms with Gasteiger partial charge in [-0.25, -0.2) is 0 Å². The van der Waals surface area contributed by atoms with Gasteiger partial charge in [-0.05, 0) is 128 Å². The van der Waals surface area contributed by atoms with Gasteiger partial charge in [0.1, 0.15) is 30.0 Å². The lowest BCUT2D eigenvalue weighted by Crippen LogP contribution is -2.47. The van der Waals surface area contributed by atoms with Crippen molar-refractivity contribution in [1.29, 1.82) is 0 Å². The van der Waals surface area contributed by atoms with E-state index >= 15 is 0 Å². The lowest BCUT2D eigenvalue weighted by molar-refractivity contribution is -0.137. The van der Waals surface area contributed by atoms with Crippen LogP contribution in [-0.2, 0) is 71.4 Å². The molecule has 0 spiro atoms. The van der Waals surface area contributed by atoms with Gasteiger partial charge in [0, 0.05) is 91.6 Å². The molecule has 0 saturated heterocycles. The van der Waals surface area contributed by atoms with Gasteiger partial charge in [0.25, 0.3) is 33.7 Å². The van der Waals surface area contributed by atoms with E-state index in [0.717, 1.165) is 21.7 Å². The van der Waals surface area contributed by atoms with Crippen molar-refractivity contribution in [2.45, 2.75) is 122 Å². The summed E-state index contributed by atoms with van der Waals surface area (Å²) in [5.74, 6) is -2.74. The number of anilines is 3. The van der Waals surface area contributed by atoms with Crippen LogP contribution in [0, 0.1) is 12.8 Å². The molecule has 6 amide bonds. The number of hydrogen-bond acceptors (Lipinski definition) is 14. The summed E-state index contributed by atoms with van der Waals surface area (Å²) < 4.78 is 55.3. The number of Topliss-reactive ketones (excluding diaryl/α,β-unsaturated/α-hetero) is 2. The minimum Gasteiger partial charge on any atom is -0.493 e. The number of fused-ring (bicyclic) bond motifs is 8. The molecule has 5 aromatic rings. The number of para-hydroxylation sites is 2. The zero-order valence-corrected chi connectivity index (χ0v) is 47.7. The van der Waals surface area contributed by atoms with Gasteiger partial charge in [-0.2, -0.15) is 8.42 Å². The van der Waals surface area contributed by atoms with Gasteiger partial charge in [0.05, 0.1) is 36.5 Å². The van der Waals surface area contributed by atoms with Gasteiger partial charge in [-0.15, -0.1) is 0 Å². The Kier molecular flexibility index (Phi) is 17.1. The topological polar surface area (TPSA) is 265 Å². The molecule has 436 valence electrons. The first-order valence-electron chi connectivity index (χ1n) is 28.0. The number of aliphatic imine (C=N–C) groups is 1. The fraction of sp³-hybridized carbons (Fsp3) is 0.349. The molecule has 5 aromatic carbocycles. The number of imide groups is 1. The van der Waals surface area contributed by atoms with Crippen molar-refractivity contribution in [2.75, 3.05) is 28.8 Å². The van der Waals surface area contributed by atoms with Crippen LogP contribution in [0.2, 0.25) is 0 Å². The maximum absolute atomic E-state index is 14.4. The van der Waals surface area contributed by atoms with Gasteiger partial charge in [0.2, 0.25) is 11.8 Å². The molecule has 10 rings (SSSR count). The molecular formula is C63H64N6O14S. The molecule has 3 N–H and O–H groups in total. The van der Waals surface area contributed by atoms with Crippen molar-refractivity contribution >= 4 is 86.1 Å². The van der Waals surface area contributed by atoms with Gasteiger partial charge < -0.3 is 29.7 Å². The summed E-state index contributed by atoms with van der Waals surface area (Å²) >= 11 is 0. The van der Waals surface area contributed by atoms with Crippen LogP contribution >= 0.6 is 0 Å². The van der Waals surface area contributed by atoms with Crippen LogP contribution < -0.4 is 34.6 Å². The van der Waals surface area contributed by atoms with Crippen molar-refractivity contribution in [3.63, 3.8) is 0 Å². The Morgan fingerprint density at radius 1 is 0.714 bits per heavy atom. The number of amides is 6. The van der Waals surface area contributed by atoms with Crippen LogP contribution in [0.3, 0.4) is 0 Å². The van der Waals surface area contributed by atoms with Crippen LogP contribution in [0.15, 0.2) is 108 Å². The van der Waals surface area contributed by atoms with Gasteiger partial charge in [0.15, 0.2) is 17.3 Å². The number of nitrogens with zero attached hydrogens (tertiary/aromatic N) is 4. The smallest absolute Gasteiger partial charge is 0.270 e. The Hall–Kier alpha value is -8.82. The molecule has 5 heterocycles. The molecule has 5 atom stereocenters. The van der Waals surface area contributed by atoms with Crippen LogP contribution in [0.4, 0.5) is 22.7 Å². The highest BCUT2D eigenvalue weighted by Crippen LogP contribution is 2.43. The number of carbonyl (C=O) groups excluding carboxylic acids is 8. The van der Waals surface area contributed by atoms with E-state index in [1.165, 1.54) is 30.2 Å². The van der Waals surface area contributed by atoms with E-state index in [1.54, 1.807) is 73.5 Å². The Bertz CT molecular complexity index is 3690. The van der Waals surface area contributed by atoms with E-state index in [9.17, 15) is 51.3 Å². The Labute approximate surface area is 486 Å². The lowest BCUT2D eigenvalue weighted by Gasteiger charge is -2.27. The second-order valence-electron chi connectivity index (χ2n) is 22.0. The number of carbonyl (C=O) groups is 8. The average Bonchev–Trinajstić information content (AvgIpc) is 1.94. The van der Waals surface area contributed by atoms with Crippen molar-refractivity contribution in [3.8, 4) is 17.2 Å². The molecule has 21 heteroatoms. The second kappa shape index (κ2) is 24.6. The number of ether oxygens (including phenoxy) is 3. The van der Waals surface area contributed by atoms with E-state index in [1.807, 2.05) is 43.3 Å². The minimum absolute atomic E-state index is 0.0247. The van der Waals surface area contributed by atoms with Crippen LogP contribution in [0.1, 0.15) is 113 Å². The number of aryl methyl sites for hydroxylation is 1. The van der Waals surface area contributed by atoms with Crippen molar-refractivity contribution in [3.05, 3.63) is 148 Å². The summed E-state index contributed by atoms with van der Waals surface area (Å²) in [6, 6.07) is 24.7. The summed E-state index contributed by atoms with van der Waals surface area (Å²) in [7, 11) is -3.26. The first-order chi connectivity index (χ1) is 40.2. The van der Waals surface area contributed by atoms with Crippen LogP contribution in [0.5, 0.6) is 17.2 Å². The van der Waals surface area contributed by atoms with Crippen LogP contribution in [-0.4, -0.2) is 108 Å². The number of unbranched alkanes of at least 4 members (excludes halogenated alkanes) is 1. The number of ketones is 2. The highest BCUT2D eigenvalue weighted by Gasteiger charge is 2.47. The molecule has 0 aromatic heterocycles. The summed E-state index contributed by atoms with van der Waals surface area (Å²) in [4.78, 5) is 114. The van der Waals surface area contributed by atoms with Gasteiger partial charge >= 0.3 is 0 Å². The molecule has 1 unspecified atom stereocenters. The molecule has 0 aliphatic carbocycles. The SMILES string of the molecule is COc1cc2c(cc1OCc1cc(COc3cc4c(cc3C)C(=O)N3c5ccccc5C[C@H]3C=N4)cc(NC(=O)[C@H](C)CC(=O)[C@H](C)NC(=O)CCCCC(=O)CCCN3C(=O)C=CC3=O)c1)CC(S(=O)(=O)O)[C@@H]1Cc3ccccc3N1C2=O. The molecular weight excluding hydrogens is 1100 g/mol. The van der Waals surface area contributed by atoms with Crippen molar-refractivity contribution < 1.29 is 65.5 Å². The second-order valence-corrected chi connectivity index (χ2v) is 23.6. The molecule has 5 aliphatic heterocycles. The first-order valence-corrected chi connectivity index (χ1v) is 29.5. The number of methoxy groups -OCH3 is 1. The number of hydrogen-bond donors (Lipinski definition) is 3. The fourth-order valence-electron chi connectivity index (χ4n) is 11.6. The van der Waals surface area contributed by atoms with Crippen molar-refractivity contribution in [2.24, 2.45) is 10.9 Å². The predicted octanol–water partition coefficient (Wildman–Crippen LogP) is 7.71. The number of benzene rings is 5. The maximum Gasteiger partial charge on any atom is 0.270 e. The van der Waals surface area contributed by atoms with Gasteiger partial charge in [-0.1, -0.05) is 43.3 Å². The Balaban J connectivity index is 0.823. The molecule has 5 aliphatic rings. The molecule has 0 bridgehead atoms. The quantitative estimate of drug-likeness (QED) is 0.0321. The summed E-state index contributed by atoms with van der Waals surface area (Å²) in [6.45, 7) is 4.97. The standard InChI is InChI=1S/C63H64N6O14S/c1-36-22-48-49(64-33-45-27-41-12-5-8-16-50(41)68(45)63(48)77)32-54(36)82-34-39-24-40(35-83-56-29-43-30-57(84(78,79)80)52-28-42-13-6-9-17-51(42)69(52)62(76)47(43)31-55(56)81-4)26-44(25-39)66-61(75)37(2)23-53(71)38(3)65-58(72)18-10-7-14-46(70)15-11-21-67-59(73)19-20-60(67)74/h5-6,8-9,12-13,16-17,19-20,22,24-26,29,31-33,37-38,45,52,57H,7,10-11,14-15,18,21,23,27-28,30,34-35H2,1-4H3,(H,65,72)(H,66,75)(H,78,79,80)/t37-,38+,45+,52+,57?/m1/s1. The normalized spacial score (nSPS) is 18.2. The third-order valence-electron chi connectivity index (χ3n) is 16.0. The molecule has 0 fully saturated rings. The van der Waals surface area contributed by atoms with E-state index in [0.29, 0.717) is 76.3 Å². The van der Waals surface area contributed by atoms with E-state index < -0.39 is 57.0 Å². The van der Waals surface area contributed by atoms with Crippen molar-refractivity contribution in [1.82, 2.24) is 10.2 Å². The average molecular weight is 1160 g/mol. The number of rotatable bonds is 23. The summed E-state index contributed by atoms with van der Waals surface area (Å²) in [6.07, 6.45) is 6.33. The third-order valence-corrected chi connectivity index (χ3v) is 17.2. The molecule has 20 nitrogen and oxygen atoms in total.